The number of nitrogens with one attached hydrogen (secondary N) is 1. The monoisotopic (exact) mass is 347 g/mol. The van der Waals surface area contributed by atoms with Crippen LogP contribution in [0.2, 0.25) is 0 Å². The van der Waals surface area contributed by atoms with Gasteiger partial charge in [-0.25, -0.2) is 0 Å². The second kappa shape index (κ2) is 8.37. The quantitative estimate of drug-likeness (QED) is 0.762. The smallest absolute Gasteiger partial charge is 0.0619 e. The summed E-state index contributed by atoms with van der Waals surface area (Å²) >= 11 is 5.28. The first-order valence-electron chi connectivity index (χ1n) is 6.92. The summed E-state index contributed by atoms with van der Waals surface area (Å²) in [6.45, 7) is 5.76. The summed E-state index contributed by atoms with van der Waals surface area (Å²) < 4.78 is 12.3. The molecule has 19 heavy (non-hydrogen) atoms. The fraction of sp³-hybridized carbons (Fsp3) is 0.714. The van der Waals surface area contributed by atoms with Crippen LogP contribution in [0.15, 0.2) is 15.9 Å². The van der Waals surface area contributed by atoms with Crippen LogP contribution in [0.3, 0.4) is 0 Å². The number of ether oxygens (including phenoxy) is 2. The highest BCUT2D eigenvalue weighted by atomic mass is 79.9. The predicted octanol–water partition coefficient (Wildman–Crippen LogP) is 3.75. The lowest BCUT2D eigenvalue weighted by atomic mass is 10.1. The van der Waals surface area contributed by atoms with Gasteiger partial charge in [-0.15, -0.1) is 11.3 Å². The van der Waals surface area contributed by atoms with Gasteiger partial charge in [0.1, 0.15) is 0 Å². The zero-order valence-corrected chi connectivity index (χ0v) is 13.8. The normalized spacial score (nSPS) is 18.6. The highest BCUT2D eigenvalue weighted by Crippen LogP contribution is 2.25. The van der Waals surface area contributed by atoms with Gasteiger partial charge in [0.25, 0.3) is 0 Å². The first-order chi connectivity index (χ1) is 9.25. The summed E-state index contributed by atoms with van der Waals surface area (Å²) in [5, 5.41) is 5.66. The Hall–Kier alpha value is 0.0600. The number of hydrogen-bond donors (Lipinski definition) is 1. The molecule has 2 rings (SSSR count). The van der Waals surface area contributed by atoms with Gasteiger partial charge < -0.3 is 14.8 Å². The van der Waals surface area contributed by atoms with E-state index >= 15 is 0 Å². The molecule has 0 aliphatic carbocycles. The van der Waals surface area contributed by atoms with Gasteiger partial charge in [-0.1, -0.05) is 0 Å². The molecule has 0 spiro atoms. The van der Waals surface area contributed by atoms with Crippen molar-refractivity contribution in [2.45, 2.75) is 38.3 Å². The average Bonchev–Trinajstić information content (AvgIpc) is 2.86. The van der Waals surface area contributed by atoms with E-state index in [0.29, 0.717) is 12.1 Å². The molecule has 0 aromatic carbocycles. The van der Waals surface area contributed by atoms with Crippen LogP contribution < -0.4 is 5.32 Å². The molecule has 0 unspecified atom stereocenters. The van der Waals surface area contributed by atoms with E-state index in [1.165, 1.54) is 9.35 Å². The van der Waals surface area contributed by atoms with Crippen molar-refractivity contribution in [2.24, 2.45) is 0 Å². The molecule has 1 aliphatic heterocycles. The van der Waals surface area contributed by atoms with E-state index in [9.17, 15) is 0 Å². The third-order valence-corrected chi connectivity index (χ3v) is 5.18. The van der Waals surface area contributed by atoms with Crippen molar-refractivity contribution in [2.75, 3.05) is 26.4 Å². The molecule has 108 valence electrons. The maximum Gasteiger partial charge on any atom is 0.0619 e. The second-order valence-corrected chi connectivity index (χ2v) is 6.74. The van der Waals surface area contributed by atoms with E-state index in [0.717, 1.165) is 45.6 Å². The molecular formula is C14H22BrNO2S. The molecular weight excluding hydrogens is 326 g/mol. The standard InChI is InChI=1S/C14H22BrNO2S/c1-11(14-9-12(15)10-19-14)16-5-2-6-18-13-3-7-17-8-4-13/h9-11,13,16H,2-8H2,1H3/t11-/m1/s1. The number of rotatable bonds is 7. The highest BCUT2D eigenvalue weighted by molar-refractivity contribution is 9.10. The van der Waals surface area contributed by atoms with E-state index in [2.05, 4.69) is 39.6 Å². The predicted molar refractivity (Wildman–Crippen MR) is 82.8 cm³/mol. The molecule has 1 saturated heterocycles. The van der Waals surface area contributed by atoms with E-state index in [1.54, 1.807) is 11.3 Å². The van der Waals surface area contributed by atoms with Crippen LogP contribution in [0.25, 0.3) is 0 Å². The zero-order chi connectivity index (χ0) is 13.5. The molecule has 1 fully saturated rings. The van der Waals surface area contributed by atoms with Crippen molar-refractivity contribution in [3.05, 3.63) is 20.8 Å². The molecule has 5 heteroatoms. The lowest BCUT2D eigenvalue weighted by molar-refractivity contribution is -0.0322. The summed E-state index contributed by atoms with van der Waals surface area (Å²) in [5.74, 6) is 0. The lowest BCUT2D eigenvalue weighted by Crippen LogP contribution is -2.25. The molecule has 0 bridgehead atoms. The van der Waals surface area contributed by atoms with E-state index in [-0.39, 0.29) is 0 Å². The van der Waals surface area contributed by atoms with E-state index in [4.69, 9.17) is 9.47 Å². The Labute approximate surface area is 127 Å². The van der Waals surface area contributed by atoms with Crippen LogP contribution in [-0.4, -0.2) is 32.5 Å². The van der Waals surface area contributed by atoms with Gasteiger partial charge in [-0.05, 0) is 54.7 Å². The molecule has 1 N–H and O–H groups in total. The molecule has 0 radical (unpaired) electrons. The Morgan fingerprint density at radius 2 is 2.32 bits per heavy atom. The minimum absolute atomic E-state index is 0.416. The van der Waals surface area contributed by atoms with Crippen LogP contribution in [-0.2, 0) is 9.47 Å². The molecule has 3 nitrogen and oxygen atoms in total. The van der Waals surface area contributed by atoms with Crippen LogP contribution >= 0.6 is 27.3 Å². The van der Waals surface area contributed by atoms with Crippen LogP contribution in [0.5, 0.6) is 0 Å². The van der Waals surface area contributed by atoms with Gasteiger partial charge in [0.2, 0.25) is 0 Å². The fourth-order valence-corrected chi connectivity index (χ4v) is 3.62. The molecule has 2 heterocycles. The Kier molecular flexibility index (Phi) is 6.81. The van der Waals surface area contributed by atoms with Gasteiger partial charge in [0, 0.05) is 40.6 Å². The zero-order valence-electron chi connectivity index (χ0n) is 11.4. The van der Waals surface area contributed by atoms with Crippen molar-refractivity contribution in [3.63, 3.8) is 0 Å². The Morgan fingerprint density at radius 1 is 1.53 bits per heavy atom. The van der Waals surface area contributed by atoms with Gasteiger partial charge in [0.15, 0.2) is 0 Å². The molecule has 1 aromatic heterocycles. The van der Waals surface area contributed by atoms with Crippen LogP contribution in [0.4, 0.5) is 0 Å². The minimum atomic E-state index is 0.416. The second-order valence-electron chi connectivity index (χ2n) is 4.88. The Morgan fingerprint density at radius 3 is 3.00 bits per heavy atom. The first-order valence-corrected chi connectivity index (χ1v) is 8.59. The molecule has 1 aliphatic rings. The van der Waals surface area contributed by atoms with Crippen molar-refractivity contribution < 1.29 is 9.47 Å². The third-order valence-electron chi connectivity index (χ3n) is 3.31. The maximum absolute atomic E-state index is 5.85. The van der Waals surface area contributed by atoms with Gasteiger partial charge in [0.05, 0.1) is 6.10 Å². The highest BCUT2D eigenvalue weighted by Gasteiger charge is 2.13. The first kappa shape index (κ1) is 15.4. The minimum Gasteiger partial charge on any atom is -0.381 e. The Balaban J connectivity index is 1.54. The van der Waals surface area contributed by atoms with E-state index in [1.807, 2.05) is 0 Å². The van der Waals surface area contributed by atoms with Crippen molar-refractivity contribution in [3.8, 4) is 0 Å². The number of thiophene rings is 1. The van der Waals surface area contributed by atoms with E-state index < -0.39 is 0 Å². The van der Waals surface area contributed by atoms with Crippen molar-refractivity contribution in [1.82, 2.24) is 5.32 Å². The molecule has 1 aromatic rings. The summed E-state index contributed by atoms with van der Waals surface area (Å²) in [5.41, 5.74) is 0. The van der Waals surface area contributed by atoms with Gasteiger partial charge in [-0.2, -0.15) is 0 Å². The Bertz CT molecular complexity index is 366. The molecule has 0 amide bonds. The molecule has 0 saturated carbocycles. The van der Waals surface area contributed by atoms with Crippen LogP contribution in [0.1, 0.15) is 37.1 Å². The molecule has 1 atom stereocenters. The third kappa shape index (κ3) is 5.52. The summed E-state index contributed by atoms with van der Waals surface area (Å²) in [6.07, 6.45) is 3.58. The number of hydrogen-bond acceptors (Lipinski definition) is 4. The van der Waals surface area contributed by atoms with Crippen LogP contribution in [0, 0.1) is 0 Å². The van der Waals surface area contributed by atoms with Crippen molar-refractivity contribution >= 4 is 27.3 Å². The average molecular weight is 348 g/mol. The largest absolute Gasteiger partial charge is 0.381 e. The van der Waals surface area contributed by atoms with Crippen molar-refractivity contribution in [1.29, 1.82) is 0 Å². The van der Waals surface area contributed by atoms with Gasteiger partial charge >= 0.3 is 0 Å². The maximum atomic E-state index is 5.85. The number of halogens is 1. The summed E-state index contributed by atoms with van der Waals surface area (Å²) in [6, 6.07) is 2.60. The topological polar surface area (TPSA) is 30.5 Å². The summed E-state index contributed by atoms with van der Waals surface area (Å²) in [7, 11) is 0. The lowest BCUT2D eigenvalue weighted by Gasteiger charge is -2.22. The van der Waals surface area contributed by atoms with Gasteiger partial charge in [-0.3, -0.25) is 0 Å². The SMILES string of the molecule is C[C@@H](NCCCOC1CCOCC1)c1cc(Br)cs1. The summed E-state index contributed by atoms with van der Waals surface area (Å²) in [4.78, 5) is 1.37. The fourth-order valence-electron chi connectivity index (χ4n) is 2.14.